The minimum atomic E-state index is -0.289. The third-order valence-corrected chi connectivity index (χ3v) is 6.85. The average Bonchev–Trinajstić information content (AvgIpc) is 2.46. The second kappa shape index (κ2) is 4.56. The van der Waals surface area contributed by atoms with Crippen molar-refractivity contribution in [2.75, 3.05) is 0 Å². The largest absolute Gasteiger partial charge is 0.459 e. The highest BCUT2D eigenvalue weighted by Gasteiger charge is 2.56. The normalized spacial score (nSPS) is 47.0. The second-order valence-corrected chi connectivity index (χ2v) is 8.00. The van der Waals surface area contributed by atoms with Gasteiger partial charge in [-0.2, -0.15) is 0 Å². The minimum absolute atomic E-state index is 0.0351. The lowest BCUT2D eigenvalue weighted by molar-refractivity contribution is -0.188. The zero-order valence-corrected chi connectivity index (χ0v) is 13.4. The molecule has 3 heteroatoms. The molecule has 1 heterocycles. The predicted molar refractivity (Wildman–Crippen MR) is 83.0 cm³/mol. The van der Waals surface area contributed by atoms with Gasteiger partial charge in [0, 0.05) is 18.8 Å². The summed E-state index contributed by atoms with van der Waals surface area (Å²) in [6, 6.07) is 0. The maximum absolute atomic E-state index is 11.8. The maximum atomic E-state index is 11.8. The van der Waals surface area contributed by atoms with Crippen LogP contribution < -0.4 is 0 Å². The van der Waals surface area contributed by atoms with Crippen molar-refractivity contribution in [2.45, 2.75) is 58.0 Å². The molecule has 0 aromatic heterocycles. The van der Waals surface area contributed by atoms with Crippen molar-refractivity contribution in [1.29, 1.82) is 0 Å². The van der Waals surface area contributed by atoms with E-state index in [1.54, 1.807) is 0 Å². The van der Waals surface area contributed by atoms with Crippen molar-refractivity contribution in [1.82, 2.24) is 0 Å². The maximum Gasteiger partial charge on any atom is 0.306 e. The third-order valence-electron chi connectivity index (χ3n) is 6.85. The Morgan fingerprint density at radius 2 is 1.91 bits per heavy atom. The van der Waals surface area contributed by atoms with Gasteiger partial charge in [0.05, 0.1) is 0 Å². The van der Waals surface area contributed by atoms with Gasteiger partial charge < -0.3 is 4.74 Å². The Morgan fingerprint density at radius 3 is 2.73 bits per heavy atom. The molecular formula is C19H24O3. The number of rotatable bonds is 0. The lowest BCUT2D eigenvalue weighted by atomic mass is 9.50. The lowest BCUT2D eigenvalue weighted by Crippen LogP contribution is -2.55. The summed E-state index contributed by atoms with van der Waals surface area (Å²) in [6.07, 6.45) is 11.5. The smallest absolute Gasteiger partial charge is 0.306 e. The van der Waals surface area contributed by atoms with Crippen LogP contribution in [0.5, 0.6) is 0 Å². The molecule has 0 aromatic carbocycles. The summed E-state index contributed by atoms with van der Waals surface area (Å²) in [7, 11) is 0. The van der Waals surface area contributed by atoms with Crippen LogP contribution in [0.15, 0.2) is 23.8 Å². The molecule has 0 N–H and O–H groups in total. The van der Waals surface area contributed by atoms with E-state index < -0.39 is 0 Å². The summed E-state index contributed by atoms with van der Waals surface area (Å²) >= 11 is 0. The van der Waals surface area contributed by atoms with Gasteiger partial charge in [0.15, 0.2) is 5.78 Å². The number of ketones is 1. The highest BCUT2D eigenvalue weighted by atomic mass is 16.6. The fraction of sp³-hybridized carbons (Fsp3) is 0.684. The van der Waals surface area contributed by atoms with Gasteiger partial charge in [-0.15, -0.1) is 0 Å². The Labute approximate surface area is 131 Å². The fourth-order valence-corrected chi connectivity index (χ4v) is 5.52. The first-order valence-corrected chi connectivity index (χ1v) is 8.57. The van der Waals surface area contributed by atoms with E-state index in [9.17, 15) is 9.59 Å². The Bertz CT molecular complexity index is 602. The molecule has 1 saturated carbocycles. The molecule has 2 fully saturated rings. The van der Waals surface area contributed by atoms with E-state index in [0.29, 0.717) is 30.6 Å². The summed E-state index contributed by atoms with van der Waals surface area (Å²) in [5, 5.41) is 0. The molecular weight excluding hydrogens is 276 g/mol. The van der Waals surface area contributed by atoms with E-state index in [4.69, 9.17) is 4.74 Å². The molecule has 3 nitrogen and oxygen atoms in total. The van der Waals surface area contributed by atoms with Gasteiger partial charge in [0.25, 0.3) is 0 Å². The number of carbonyl (C=O) groups excluding carboxylic acids is 2. The van der Waals surface area contributed by atoms with E-state index >= 15 is 0 Å². The van der Waals surface area contributed by atoms with E-state index in [-0.39, 0.29) is 22.8 Å². The number of fused-ring (bicyclic) bond motifs is 5. The monoisotopic (exact) mass is 300 g/mol. The zero-order chi connectivity index (χ0) is 15.5. The Morgan fingerprint density at radius 1 is 1.09 bits per heavy atom. The first kappa shape index (κ1) is 14.2. The molecule has 3 aliphatic carbocycles. The number of ether oxygens (including phenoxy) is 1. The van der Waals surface area contributed by atoms with Crippen molar-refractivity contribution in [3.8, 4) is 0 Å². The van der Waals surface area contributed by atoms with Crippen LogP contribution in [0.25, 0.3) is 0 Å². The van der Waals surface area contributed by atoms with Crippen LogP contribution in [0.1, 0.15) is 52.4 Å². The summed E-state index contributed by atoms with van der Waals surface area (Å²) < 4.78 is 5.77. The fourth-order valence-electron chi connectivity index (χ4n) is 5.52. The van der Waals surface area contributed by atoms with Crippen LogP contribution in [0.2, 0.25) is 0 Å². The van der Waals surface area contributed by atoms with Gasteiger partial charge in [-0.05, 0) is 61.5 Å². The number of hydrogen-bond acceptors (Lipinski definition) is 3. The third kappa shape index (κ3) is 1.87. The lowest BCUT2D eigenvalue weighted by Gasteiger charge is -2.57. The van der Waals surface area contributed by atoms with Crippen molar-refractivity contribution in [3.05, 3.63) is 23.8 Å². The molecule has 1 saturated heterocycles. The standard InChI is InChI=1S/C19H24O3/c1-18-9-7-13(20)11-12(18)3-4-14-15(18)8-10-19(2)16(14)5-6-17(21)22-19/h3-4,11,14-16H,5-10H2,1-2H3/t14-,15-,16+,18+,19+/m0/s1. The van der Waals surface area contributed by atoms with Crippen LogP contribution in [0, 0.1) is 23.2 Å². The summed E-state index contributed by atoms with van der Waals surface area (Å²) in [6.45, 7) is 4.46. The van der Waals surface area contributed by atoms with Crippen LogP contribution >= 0.6 is 0 Å². The van der Waals surface area contributed by atoms with E-state index in [0.717, 1.165) is 25.7 Å². The minimum Gasteiger partial charge on any atom is -0.459 e. The van der Waals surface area contributed by atoms with E-state index in [1.807, 2.05) is 6.08 Å². The molecule has 4 rings (SSSR count). The summed E-state index contributed by atoms with van der Waals surface area (Å²) in [5.41, 5.74) is 1.06. The number of carbonyl (C=O) groups is 2. The van der Waals surface area contributed by atoms with Crippen molar-refractivity contribution >= 4 is 11.8 Å². The summed E-state index contributed by atoms with van der Waals surface area (Å²) in [5.74, 6) is 1.71. The number of allylic oxidation sites excluding steroid dienone is 4. The van der Waals surface area contributed by atoms with Gasteiger partial charge in [-0.1, -0.05) is 19.1 Å². The van der Waals surface area contributed by atoms with E-state index in [1.165, 1.54) is 5.57 Å². The van der Waals surface area contributed by atoms with Crippen LogP contribution in [0.4, 0.5) is 0 Å². The predicted octanol–water partition coefficient (Wildman–Crippen LogP) is 3.59. The number of hydrogen-bond donors (Lipinski definition) is 0. The molecule has 5 atom stereocenters. The Balaban J connectivity index is 1.73. The molecule has 0 radical (unpaired) electrons. The van der Waals surface area contributed by atoms with Crippen molar-refractivity contribution < 1.29 is 14.3 Å². The molecule has 0 spiro atoms. The highest BCUT2D eigenvalue weighted by molar-refractivity contribution is 5.92. The van der Waals surface area contributed by atoms with Gasteiger partial charge in [0.1, 0.15) is 5.60 Å². The van der Waals surface area contributed by atoms with Gasteiger partial charge in [-0.3, -0.25) is 9.59 Å². The summed E-state index contributed by atoms with van der Waals surface area (Å²) in [4.78, 5) is 23.5. The highest BCUT2D eigenvalue weighted by Crippen LogP contribution is 2.59. The zero-order valence-electron chi connectivity index (χ0n) is 13.4. The topological polar surface area (TPSA) is 43.4 Å². The molecule has 0 unspecified atom stereocenters. The molecule has 4 aliphatic rings. The Kier molecular flexibility index (Phi) is 2.95. The van der Waals surface area contributed by atoms with Gasteiger partial charge in [0.2, 0.25) is 0 Å². The van der Waals surface area contributed by atoms with Gasteiger partial charge in [-0.25, -0.2) is 0 Å². The SMILES string of the molecule is C[C@@]12CC[C@H]3[C@H](C=CC4=CC(=O)CC[C@]43C)[C@H]1CCC(=O)O2. The van der Waals surface area contributed by atoms with Gasteiger partial charge >= 0.3 is 5.97 Å². The van der Waals surface area contributed by atoms with Crippen LogP contribution in [0.3, 0.4) is 0 Å². The molecule has 22 heavy (non-hydrogen) atoms. The van der Waals surface area contributed by atoms with Crippen molar-refractivity contribution in [2.24, 2.45) is 23.2 Å². The molecule has 0 amide bonds. The quantitative estimate of drug-likeness (QED) is 0.642. The first-order valence-electron chi connectivity index (χ1n) is 8.57. The number of esters is 1. The van der Waals surface area contributed by atoms with Crippen LogP contribution in [-0.2, 0) is 14.3 Å². The second-order valence-electron chi connectivity index (χ2n) is 8.00. The average molecular weight is 300 g/mol. The molecule has 118 valence electrons. The van der Waals surface area contributed by atoms with Crippen molar-refractivity contribution in [3.63, 3.8) is 0 Å². The van der Waals surface area contributed by atoms with E-state index in [2.05, 4.69) is 26.0 Å². The molecule has 1 aliphatic heterocycles. The Hall–Kier alpha value is -1.38. The molecule has 0 bridgehead atoms. The van der Waals surface area contributed by atoms with Crippen LogP contribution in [-0.4, -0.2) is 17.4 Å². The molecule has 0 aromatic rings. The first-order chi connectivity index (χ1) is 10.4.